The van der Waals surface area contributed by atoms with Crippen LogP contribution < -0.4 is 0 Å². The minimum atomic E-state index is -0.115. The number of ether oxygens (including phenoxy) is 1. The predicted octanol–water partition coefficient (Wildman–Crippen LogP) is 1.25. The van der Waals surface area contributed by atoms with Gasteiger partial charge in [0.15, 0.2) is 0 Å². The molecule has 6 nitrogen and oxygen atoms in total. The monoisotopic (exact) mass is 316 g/mol. The number of hydrogen-bond acceptors (Lipinski definition) is 5. The second kappa shape index (κ2) is 5.83. The Morgan fingerprint density at radius 1 is 1.22 bits per heavy atom. The van der Waals surface area contributed by atoms with Crippen LogP contribution in [0.25, 0.3) is 0 Å². The van der Waals surface area contributed by atoms with Crippen molar-refractivity contribution in [1.82, 2.24) is 19.8 Å². The van der Waals surface area contributed by atoms with Crippen LogP contribution in [-0.2, 0) is 4.74 Å². The maximum Gasteiger partial charge on any atom is 0.274 e. The molecule has 3 aliphatic heterocycles. The average Bonchev–Trinajstić information content (AvgIpc) is 3.00. The van der Waals surface area contributed by atoms with Crippen LogP contribution in [0.5, 0.6) is 0 Å². The molecule has 1 spiro atoms. The molecule has 0 N–H and O–H groups in total. The van der Waals surface area contributed by atoms with Crippen molar-refractivity contribution in [2.75, 3.05) is 32.8 Å². The largest absolute Gasteiger partial charge is 0.370 e. The molecule has 0 bridgehead atoms. The lowest BCUT2D eigenvalue weighted by Gasteiger charge is -2.47. The van der Waals surface area contributed by atoms with Crippen molar-refractivity contribution in [2.24, 2.45) is 0 Å². The summed E-state index contributed by atoms with van der Waals surface area (Å²) in [6.45, 7) is 6.45. The lowest BCUT2D eigenvalue weighted by atomic mass is 9.88. The SMILES string of the molecule is Cc1cnc(C(=O)N2CC3(CC(N4CCCCC4)CO3)C2)cn1. The van der Waals surface area contributed by atoms with Crippen LogP contribution in [-0.4, -0.2) is 70.1 Å². The van der Waals surface area contributed by atoms with E-state index in [-0.39, 0.29) is 11.5 Å². The van der Waals surface area contributed by atoms with Gasteiger partial charge in [-0.15, -0.1) is 0 Å². The third kappa shape index (κ3) is 2.85. The van der Waals surface area contributed by atoms with Gasteiger partial charge in [0.25, 0.3) is 5.91 Å². The van der Waals surface area contributed by atoms with Crippen LogP contribution in [0.1, 0.15) is 41.9 Å². The van der Waals surface area contributed by atoms with Crippen LogP contribution in [0.15, 0.2) is 12.4 Å². The van der Waals surface area contributed by atoms with Gasteiger partial charge < -0.3 is 9.64 Å². The van der Waals surface area contributed by atoms with Crippen molar-refractivity contribution in [1.29, 1.82) is 0 Å². The normalized spacial score (nSPS) is 27.2. The maximum atomic E-state index is 12.4. The van der Waals surface area contributed by atoms with Gasteiger partial charge in [0.1, 0.15) is 11.3 Å². The summed E-state index contributed by atoms with van der Waals surface area (Å²) < 4.78 is 6.11. The van der Waals surface area contributed by atoms with Gasteiger partial charge in [-0.1, -0.05) is 6.42 Å². The Balaban J connectivity index is 1.34. The van der Waals surface area contributed by atoms with E-state index in [0.29, 0.717) is 24.8 Å². The van der Waals surface area contributed by atoms with Crippen LogP contribution in [0.4, 0.5) is 0 Å². The second-order valence-electron chi connectivity index (χ2n) is 7.15. The molecule has 1 unspecified atom stereocenters. The zero-order valence-corrected chi connectivity index (χ0v) is 13.7. The van der Waals surface area contributed by atoms with Crippen molar-refractivity contribution >= 4 is 5.91 Å². The van der Waals surface area contributed by atoms with E-state index in [1.165, 1.54) is 32.4 Å². The summed E-state index contributed by atoms with van der Waals surface area (Å²) in [5.74, 6) is -0.0341. The number of carbonyl (C=O) groups excluding carboxylic acids is 1. The van der Waals surface area contributed by atoms with Gasteiger partial charge in [-0.25, -0.2) is 4.98 Å². The Kier molecular flexibility index (Phi) is 3.81. The molecule has 23 heavy (non-hydrogen) atoms. The molecule has 1 aromatic rings. The van der Waals surface area contributed by atoms with E-state index in [9.17, 15) is 4.79 Å². The lowest BCUT2D eigenvalue weighted by molar-refractivity contribution is -0.0952. The molecule has 0 saturated carbocycles. The summed E-state index contributed by atoms with van der Waals surface area (Å²) in [5, 5.41) is 0. The molecule has 0 aromatic carbocycles. The van der Waals surface area contributed by atoms with Crippen molar-refractivity contribution < 1.29 is 9.53 Å². The van der Waals surface area contributed by atoms with Crippen molar-refractivity contribution in [3.05, 3.63) is 23.8 Å². The number of likely N-dealkylation sites (tertiary alicyclic amines) is 2. The number of aromatic nitrogens is 2. The predicted molar refractivity (Wildman–Crippen MR) is 85.2 cm³/mol. The van der Waals surface area contributed by atoms with Gasteiger partial charge in [-0.3, -0.25) is 14.7 Å². The molecule has 6 heteroatoms. The summed E-state index contributed by atoms with van der Waals surface area (Å²) in [5.41, 5.74) is 1.14. The van der Waals surface area contributed by atoms with E-state index >= 15 is 0 Å². The summed E-state index contributed by atoms with van der Waals surface area (Å²) >= 11 is 0. The first-order valence-electron chi connectivity index (χ1n) is 8.61. The number of hydrogen-bond donors (Lipinski definition) is 0. The van der Waals surface area contributed by atoms with Crippen molar-refractivity contribution in [3.63, 3.8) is 0 Å². The van der Waals surface area contributed by atoms with Gasteiger partial charge >= 0.3 is 0 Å². The average molecular weight is 316 g/mol. The molecule has 1 aromatic heterocycles. The van der Waals surface area contributed by atoms with Crippen molar-refractivity contribution in [2.45, 2.75) is 44.2 Å². The summed E-state index contributed by atoms with van der Waals surface area (Å²) in [4.78, 5) is 25.2. The highest BCUT2D eigenvalue weighted by atomic mass is 16.5. The minimum absolute atomic E-state index is 0.0341. The van der Waals surface area contributed by atoms with E-state index in [4.69, 9.17) is 4.74 Å². The van der Waals surface area contributed by atoms with Gasteiger partial charge in [0.2, 0.25) is 0 Å². The highest BCUT2D eigenvalue weighted by Crippen LogP contribution is 2.38. The van der Waals surface area contributed by atoms with Gasteiger partial charge in [-0.05, 0) is 39.3 Å². The number of amides is 1. The number of nitrogens with zero attached hydrogens (tertiary/aromatic N) is 4. The molecule has 3 saturated heterocycles. The smallest absolute Gasteiger partial charge is 0.274 e. The summed E-state index contributed by atoms with van der Waals surface area (Å²) in [7, 11) is 0. The van der Waals surface area contributed by atoms with Crippen LogP contribution in [0, 0.1) is 6.92 Å². The Morgan fingerprint density at radius 2 is 2.00 bits per heavy atom. The molecule has 1 atom stereocenters. The fraction of sp³-hybridized carbons (Fsp3) is 0.706. The first-order valence-corrected chi connectivity index (χ1v) is 8.61. The highest BCUT2D eigenvalue weighted by Gasteiger charge is 2.52. The lowest BCUT2D eigenvalue weighted by Crippen LogP contribution is -2.63. The molecule has 4 rings (SSSR count). The van der Waals surface area contributed by atoms with Gasteiger partial charge in [-0.2, -0.15) is 0 Å². The number of rotatable bonds is 2. The van der Waals surface area contributed by atoms with Crippen LogP contribution in [0.3, 0.4) is 0 Å². The number of aryl methyl sites for hydroxylation is 1. The van der Waals surface area contributed by atoms with E-state index < -0.39 is 0 Å². The van der Waals surface area contributed by atoms with E-state index in [0.717, 1.165) is 18.7 Å². The standard InChI is InChI=1S/C17H24N4O2/c1-13-8-19-15(9-18-13)16(22)21-11-17(12-21)7-14(10-23-17)20-5-3-2-4-6-20/h8-9,14H,2-7,10-12H2,1H3. The van der Waals surface area contributed by atoms with E-state index in [1.54, 1.807) is 12.4 Å². The summed E-state index contributed by atoms with van der Waals surface area (Å²) in [6, 6.07) is 0.534. The highest BCUT2D eigenvalue weighted by molar-refractivity contribution is 5.92. The third-order valence-electron chi connectivity index (χ3n) is 5.34. The summed E-state index contributed by atoms with van der Waals surface area (Å²) in [6.07, 6.45) is 8.22. The fourth-order valence-corrected chi connectivity index (χ4v) is 4.02. The first kappa shape index (κ1) is 15.0. The molecule has 4 heterocycles. The molecule has 0 aliphatic carbocycles. The first-order chi connectivity index (χ1) is 11.2. The third-order valence-corrected chi connectivity index (χ3v) is 5.34. The Morgan fingerprint density at radius 3 is 2.70 bits per heavy atom. The quantitative estimate of drug-likeness (QED) is 0.822. The topological polar surface area (TPSA) is 58.6 Å². The molecule has 3 aliphatic rings. The minimum Gasteiger partial charge on any atom is -0.370 e. The Hall–Kier alpha value is -1.53. The fourth-order valence-electron chi connectivity index (χ4n) is 4.02. The van der Waals surface area contributed by atoms with E-state index in [1.807, 2.05) is 11.8 Å². The van der Waals surface area contributed by atoms with Crippen LogP contribution in [0.2, 0.25) is 0 Å². The molecule has 0 radical (unpaired) electrons. The van der Waals surface area contributed by atoms with Gasteiger partial charge in [0, 0.05) is 12.2 Å². The second-order valence-corrected chi connectivity index (χ2v) is 7.15. The number of piperidine rings is 1. The van der Waals surface area contributed by atoms with Crippen LogP contribution >= 0.6 is 0 Å². The molecule has 3 fully saturated rings. The molecular weight excluding hydrogens is 292 g/mol. The van der Waals surface area contributed by atoms with E-state index in [2.05, 4.69) is 14.9 Å². The maximum absolute atomic E-state index is 12.4. The van der Waals surface area contributed by atoms with Gasteiger partial charge in [0.05, 0.1) is 31.6 Å². The Bertz CT molecular complexity index is 577. The zero-order valence-electron chi connectivity index (χ0n) is 13.7. The van der Waals surface area contributed by atoms with Crippen molar-refractivity contribution in [3.8, 4) is 0 Å². The molecule has 124 valence electrons. The Labute approximate surface area is 136 Å². The number of carbonyl (C=O) groups is 1. The molecular formula is C17H24N4O2. The molecule has 1 amide bonds. The zero-order chi connectivity index (χ0) is 15.9.